The van der Waals surface area contributed by atoms with Gasteiger partial charge in [0.15, 0.2) is 70.7 Å². The van der Waals surface area contributed by atoms with Crippen LogP contribution in [0.4, 0.5) is 17.6 Å². The number of carbonyl (C=O) groups excluding carboxylic acids is 5. The van der Waals surface area contributed by atoms with Gasteiger partial charge in [0.2, 0.25) is 17.3 Å². The van der Waals surface area contributed by atoms with E-state index in [1.165, 1.54) is 96.5 Å². The van der Waals surface area contributed by atoms with E-state index in [-0.39, 0.29) is 94.3 Å². The molecule has 145 heavy (non-hydrogen) atoms. The molecule has 8 aromatic carbocycles. The van der Waals surface area contributed by atoms with Crippen molar-refractivity contribution in [2.75, 3.05) is 44.1 Å². The van der Waals surface area contributed by atoms with Crippen LogP contribution in [0.2, 0.25) is 5.02 Å². The van der Waals surface area contributed by atoms with Gasteiger partial charge in [-0.2, -0.15) is 0 Å². The summed E-state index contributed by atoms with van der Waals surface area (Å²) in [6.07, 6.45) is 12.6. The fourth-order valence-corrected chi connectivity index (χ4v) is 20.1. The van der Waals surface area contributed by atoms with Crippen LogP contribution < -0.4 is 0 Å². The topological polar surface area (TPSA) is 403 Å². The van der Waals surface area contributed by atoms with Crippen molar-refractivity contribution in [2.24, 2.45) is 0 Å². The Labute approximate surface area is 848 Å². The molecule has 3 aromatic heterocycles. The number of carbonyl (C=O) groups is 5. The van der Waals surface area contributed by atoms with Gasteiger partial charge in [-0.05, 0) is 249 Å². The quantitative estimate of drug-likeness (QED) is 0.0308. The number of nitrogens with zero attached hydrogens (tertiary/aromatic N) is 3. The summed E-state index contributed by atoms with van der Waals surface area (Å²) >= 11 is 7.54. The summed E-state index contributed by atoms with van der Waals surface area (Å²) in [5.41, 5.74) is 7.36. The molecule has 28 nitrogen and oxygen atoms in total. The highest BCUT2D eigenvalue weighted by Gasteiger charge is 2.48. The monoisotopic (exact) mass is 2140 g/mol. The van der Waals surface area contributed by atoms with Crippen molar-refractivity contribution in [2.45, 2.75) is 173 Å². The first-order valence-corrected chi connectivity index (χ1v) is 57.1. The maximum absolute atomic E-state index is 13.7. The Morgan fingerprint density at radius 3 is 1.16 bits per heavy atom. The summed E-state index contributed by atoms with van der Waals surface area (Å²) < 4.78 is 237. The number of halogens is 5. The Morgan fingerprint density at radius 1 is 0.386 bits per heavy atom. The maximum atomic E-state index is 13.7. The lowest BCUT2D eigenvalue weighted by Gasteiger charge is -2.25. The van der Waals surface area contributed by atoms with E-state index in [0.717, 1.165) is 94.2 Å². The third-order valence-corrected chi connectivity index (χ3v) is 30.7. The average Bonchev–Trinajstić information content (AvgIpc) is 1.58. The molecular formula is C105H104ClF4N3O25S7. The molecular weight excluding hydrogens is 2040 g/mol. The average molecular weight is 2140 g/mol. The van der Waals surface area contributed by atoms with Crippen LogP contribution in [0.25, 0.3) is 61.4 Å². The largest absolute Gasteiger partial charge is 0.484 e. The summed E-state index contributed by atoms with van der Waals surface area (Å²) in [5, 5.41) is 3.09. The second-order valence-electron chi connectivity index (χ2n) is 35.9. The minimum atomic E-state index is -3.37. The number of cyclic esters (lactones) is 5. The third kappa shape index (κ3) is 27.3. The fourth-order valence-electron chi connectivity index (χ4n) is 15.6. The smallest absolute Gasteiger partial charge is 0.374 e. The number of aromatic nitrogens is 3. The van der Waals surface area contributed by atoms with E-state index >= 15 is 0 Å². The van der Waals surface area contributed by atoms with E-state index in [9.17, 15) is 92.0 Å². The molecule has 0 fully saturated rings. The molecule has 766 valence electrons. The number of ether oxygens (including phenoxy) is 8. The Bertz CT molecular complexity index is 7760. The van der Waals surface area contributed by atoms with Gasteiger partial charge in [-0.1, -0.05) is 104 Å². The summed E-state index contributed by atoms with van der Waals surface area (Å²) in [6.45, 7) is 23.8. The van der Waals surface area contributed by atoms with Crippen LogP contribution in [0.15, 0.2) is 271 Å². The van der Waals surface area contributed by atoms with Gasteiger partial charge in [-0.25, -0.2) is 97.0 Å². The normalized spacial score (nSPS) is 17.2. The summed E-state index contributed by atoms with van der Waals surface area (Å²) in [6, 6.07) is 49.5. The minimum Gasteiger partial charge on any atom is -0.484 e. The number of benzene rings is 8. The first-order chi connectivity index (χ1) is 67.4. The molecule has 0 bridgehead atoms. The van der Waals surface area contributed by atoms with Crippen molar-refractivity contribution in [3.05, 3.63) is 319 Å². The zero-order valence-corrected chi connectivity index (χ0v) is 88.6. The predicted molar refractivity (Wildman–Crippen MR) is 541 cm³/mol. The molecule has 0 unspecified atom stereocenters. The lowest BCUT2D eigenvalue weighted by atomic mass is 9.84. The third-order valence-electron chi connectivity index (χ3n) is 22.9. The highest BCUT2D eigenvalue weighted by Crippen LogP contribution is 2.49. The molecule has 0 amide bonds. The number of rotatable bonds is 24. The van der Waals surface area contributed by atoms with Crippen LogP contribution in [-0.2, 0) is 127 Å². The van der Waals surface area contributed by atoms with Crippen molar-refractivity contribution in [1.29, 1.82) is 0 Å². The molecule has 5 aliphatic heterocycles. The molecule has 8 heterocycles. The van der Waals surface area contributed by atoms with E-state index in [2.05, 4.69) is 15.0 Å². The van der Waals surface area contributed by atoms with Gasteiger partial charge in [0.05, 0.1) is 80.2 Å². The number of hydrogen-bond donors (Lipinski definition) is 0. The first kappa shape index (κ1) is 112. The van der Waals surface area contributed by atoms with Crippen molar-refractivity contribution >= 4 is 151 Å². The van der Waals surface area contributed by atoms with Gasteiger partial charge in [0, 0.05) is 95.5 Å². The second-order valence-corrected chi connectivity index (χ2v) is 49.4. The Hall–Kier alpha value is -13.2. The number of pyridine rings is 2. The number of esters is 5. The SMILES string of the molecule is CC(C)OC1=C(c2ccc(S(C)(=O)=O)cc2)C(C)(C)OC1=O.CC1(C)OC(=O)C(OCc2nccs2)=C1c1ccc(S(C)(=O)=O)cc1.CC[C@@]1(C)OC(=O)C(c2ccc(F)c(F)c2)=C1c1ccc(S(C)(=O)=O)cc1.CC[C@]1(C)OC(=O)C(OC(C)C)=C1c1ccc(S(C)(=O)=O)cc1.CS(=O)(=O)c1ccc(C2=C(c3cc(F)cc(F)c3)C(=O)OC2)cc1.Cc1ccc(-c2ncc(Cl)cc2-c2ccc(S(C)(=O)=O)cc2)cn1. The van der Waals surface area contributed by atoms with E-state index in [4.69, 9.17) is 49.5 Å². The molecule has 2 atom stereocenters. The van der Waals surface area contributed by atoms with E-state index in [0.29, 0.717) is 74.0 Å². The number of thiazole rings is 1. The second kappa shape index (κ2) is 44.4. The van der Waals surface area contributed by atoms with Crippen molar-refractivity contribution in [3.63, 3.8) is 0 Å². The molecule has 0 saturated carbocycles. The van der Waals surface area contributed by atoms with Crippen molar-refractivity contribution in [3.8, 4) is 22.4 Å². The molecule has 0 spiro atoms. The molecule has 0 aliphatic carbocycles. The highest BCUT2D eigenvalue weighted by molar-refractivity contribution is 7.92. The van der Waals surface area contributed by atoms with Gasteiger partial charge in [0.1, 0.15) is 52.3 Å². The maximum Gasteiger partial charge on any atom is 0.374 e. The van der Waals surface area contributed by atoms with Crippen LogP contribution in [0.5, 0.6) is 0 Å². The van der Waals surface area contributed by atoms with Crippen LogP contribution in [0, 0.1) is 30.2 Å². The fraction of sp³-hybridized carbons (Fsp3) is 0.276. The summed E-state index contributed by atoms with van der Waals surface area (Å²) in [5.74, 6) is -5.99. The van der Waals surface area contributed by atoms with Crippen LogP contribution in [0.3, 0.4) is 0 Å². The number of hydrogen-bond acceptors (Lipinski definition) is 29. The predicted octanol–water partition coefficient (Wildman–Crippen LogP) is 19.3. The van der Waals surface area contributed by atoms with Crippen LogP contribution in [0.1, 0.15) is 146 Å². The van der Waals surface area contributed by atoms with Gasteiger partial charge < -0.3 is 37.9 Å². The van der Waals surface area contributed by atoms with Crippen LogP contribution in [-0.4, -0.2) is 174 Å². The lowest BCUT2D eigenvalue weighted by Crippen LogP contribution is -2.26. The van der Waals surface area contributed by atoms with E-state index in [1.54, 1.807) is 126 Å². The lowest BCUT2D eigenvalue weighted by molar-refractivity contribution is -0.149. The molecule has 40 heteroatoms. The van der Waals surface area contributed by atoms with Crippen molar-refractivity contribution in [1.82, 2.24) is 15.0 Å². The van der Waals surface area contributed by atoms with E-state index < -0.39 is 135 Å². The molecule has 0 radical (unpaired) electrons. The van der Waals surface area contributed by atoms with Gasteiger partial charge >= 0.3 is 29.8 Å². The molecule has 0 saturated heterocycles. The zero-order chi connectivity index (χ0) is 107. The minimum absolute atomic E-state index is 0.0511. The molecule has 0 N–H and O–H groups in total. The standard InChI is InChI=1S/C20H18F2O4S.C18H15ClN2O2S.C17H12F2O4S.C17H17NO5S2.C17H22O5S.C16H20O5S/c1-4-20(2)18(12-5-8-14(9-6-12)27(3,24)25)17(19(23)26-20)13-7-10-15(21)16(22)11-13;1-12-3-4-14(10-20-12)18-17(9-15(19)11-21-18)13-5-7-16(8-6-13)24(2,22)23;1-24(21,22)14-4-2-10(3-5-14)15-9-23-17(20)16(15)11-6-12(18)8-13(19)7-11;1-17(2)14(11-4-6-12(7-5-11)25(3,20)21)15(16(19)23-17)22-10-13-18-8-9-24-13;1-6-17(4)14(15(16(18)22-17)21-11(2)3)12-7-9-13(10-8-12)23(5,19)20;1-10(2)20-14-13(16(3,4)21-15(14)17)11-6-8-12(9-7-11)22(5,18)19/h5-11H,4H2,1-3H3;3-11H,1-2H3;2-8H,9H2,1H3;4-9H,10H2,1-3H3;7-11H,6H2,1-5H3;6-10H,1-5H3/t20-;;;;17-;/m1...0./s1. The number of aryl methyl sites for hydroxylation is 1. The zero-order valence-electron chi connectivity index (χ0n) is 82.1. The molecule has 16 rings (SSSR count). The van der Waals surface area contributed by atoms with Gasteiger partial charge in [-0.15, -0.1) is 11.3 Å². The molecule has 5 aliphatic rings. The van der Waals surface area contributed by atoms with Crippen molar-refractivity contribution < 1.29 is 130 Å². The summed E-state index contributed by atoms with van der Waals surface area (Å²) in [4.78, 5) is 75.1. The Balaban J connectivity index is 0.000000166. The van der Waals surface area contributed by atoms with Crippen LogP contribution >= 0.6 is 22.9 Å². The first-order valence-electron chi connectivity index (χ1n) is 44.5. The van der Waals surface area contributed by atoms with Gasteiger partial charge in [0.25, 0.3) is 0 Å². The number of sulfone groups is 6. The molecule has 11 aromatic rings. The van der Waals surface area contributed by atoms with E-state index in [1.807, 2.05) is 79.0 Å². The highest BCUT2D eigenvalue weighted by atomic mass is 35.5. The Kier molecular flexibility index (Phi) is 34.4. The summed E-state index contributed by atoms with van der Waals surface area (Å²) in [7, 11) is -19.8. The van der Waals surface area contributed by atoms with Gasteiger partial charge in [-0.3, -0.25) is 9.97 Å². The Morgan fingerprint density at radius 2 is 0.759 bits per heavy atom.